The first-order chi connectivity index (χ1) is 15.7. The Bertz CT molecular complexity index is 1140. The lowest BCUT2D eigenvalue weighted by Gasteiger charge is -2.25. The van der Waals surface area contributed by atoms with Gasteiger partial charge in [-0.25, -0.2) is 9.97 Å². The number of thiazole rings is 1. The maximum atomic E-state index is 10.5. The van der Waals surface area contributed by atoms with Crippen molar-refractivity contribution in [1.82, 2.24) is 19.9 Å². The first-order valence-electron chi connectivity index (χ1n) is 11.5. The number of ether oxygens (including phenoxy) is 1. The van der Waals surface area contributed by atoms with Gasteiger partial charge in [0.05, 0.1) is 33.9 Å². The van der Waals surface area contributed by atoms with Crippen LogP contribution in [0.15, 0.2) is 6.07 Å². The maximum absolute atomic E-state index is 10.5. The molecule has 8 nitrogen and oxygen atoms in total. The van der Waals surface area contributed by atoms with Crippen molar-refractivity contribution in [1.29, 1.82) is 0 Å². The molecule has 0 bridgehead atoms. The summed E-state index contributed by atoms with van der Waals surface area (Å²) in [6.07, 6.45) is 2.89. The quantitative estimate of drug-likeness (QED) is 0.414. The lowest BCUT2D eigenvalue weighted by molar-refractivity contribution is 0.0197. The second kappa shape index (κ2) is 9.48. The van der Waals surface area contributed by atoms with Crippen molar-refractivity contribution in [2.24, 2.45) is 5.92 Å². The highest BCUT2D eigenvalue weighted by atomic mass is 32.1. The molecule has 1 aliphatic rings. The Morgan fingerprint density at radius 2 is 1.91 bits per heavy atom. The van der Waals surface area contributed by atoms with Crippen LogP contribution in [-0.2, 0) is 4.74 Å². The van der Waals surface area contributed by atoms with Crippen LogP contribution in [0.2, 0.25) is 0 Å². The molecular weight excluding hydrogens is 436 g/mol. The van der Waals surface area contributed by atoms with Gasteiger partial charge in [0.2, 0.25) is 5.95 Å². The average Bonchev–Trinajstić information content (AvgIpc) is 3.35. The van der Waals surface area contributed by atoms with Gasteiger partial charge in [-0.05, 0) is 65.9 Å². The molecule has 1 saturated carbocycles. The summed E-state index contributed by atoms with van der Waals surface area (Å²) in [5.41, 5.74) is 3.97. The molecule has 178 valence electrons. The number of rotatable bonds is 8. The van der Waals surface area contributed by atoms with E-state index in [-0.39, 0.29) is 12.0 Å². The summed E-state index contributed by atoms with van der Waals surface area (Å²) in [6, 6.07) is 2.32. The Balaban J connectivity index is 1.72. The van der Waals surface area contributed by atoms with E-state index in [9.17, 15) is 5.11 Å². The molecule has 2 atom stereocenters. The summed E-state index contributed by atoms with van der Waals surface area (Å²) in [5, 5.41) is 18.3. The van der Waals surface area contributed by atoms with Crippen molar-refractivity contribution in [3.05, 3.63) is 23.1 Å². The van der Waals surface area contributed by atoms with Crippen LogP contribution in [0.3, 0.4) is 0 Å². The van der Waals surface area contributed by atoms with E-state index >= 15 is 0 Å². The normalized spacial score (nSPS) is 18.8. The van der Waals surface area contributed by atoms with E-state index in [1.165, 1.54) is 0 Å². The number of fused-ring (bicyclic) bond motifs is 1. The maximum Gasteiger partial charge on any atom is 0.224 e. The summed E-state index contributed by atoms with van der Waals surface area (Å²) in [4.78, 5) is 19.1. The van der Waals surface area contributed by atoms with Gasteiger partial charge in [0.1, 0.15) is 16.3 Å². The summed E-state index contributed by atoms with van der Waals surface area (Å²) >= 11 is 1.65. The van der Waals surface area contributed by atoms with Gasteiger partial charge in [0.15, 0.2) is 0 Å². The topological polar surface area (TPSA) is 105 Å². The molecule has 3 heterocycles. The largest absolute Gasteiger partial charge is 0.390 e. The van der Waals surface area contributed by atoms with Gasteiger partial charge in [-0.1, -0.05) is 0 Å². The van der Waals surface area contributed by atoms with Crippen LogP contribution >= 0.6 is 11.3 Å². The van der Waals surface area contributed by atoms with Crippen LogP contribution < -0.4 is 10.6 Å². The number of aromatic nitrogens is 4. The Hall–Kier alpha value is -2.36. The molecule has 0 aliphatic heterocycles. The Morgan fingerprint density at radius 3 is 2.61 bits per heavy atom. The van der Waals surface area contributed by atoms with E-state index in [2.05, 4.69) is 21.7 Å². The highest BCUT2D eigenvalue weighted by Gasteiger charge is 2.35. The second-order valence-corrected chi connectivity index (χ2v) is 10.5. The molecule has 3 aromatic rings. The number of aryl methyl sites for hydroxylation is 3. The minimum Gasteiger partial charge on any atom is -0.390 e. The van der Waals surface area contributed by atoms with E-state index in [4.69, 9.17) is 19.7 Å². The van der Waals surface area contributed by atoms with Crippen LogP contribution in [0.4, 0.5) is 11.8 Å². The van der Waals surface area contributed by atoms with Gasteiger partial charge in [0, 0.05) is 25.4 Å². The zero-order valence-electron chi connectivity index (χ0n) is 20.3. The Kier molecular flexibility index (Phi) is 6.83. The number of nitrogens with one attached hydrogen (secondary N) is 2. The number of pyridine rings is 1. The number of methoxy groups -OCH3 is 1. The first kappa shape index (κ1) is 23.8. The molecule has 0 radical (unpaired) electrons. The van der Waals surface area contributed by atoms with Crippen molar-refractivity contribution >= 4 is 33.3 Å². The highest BCUT2D eigenvalue weighted by Crippen LogP contribution is 2.40. The highest BCUT2D eigenvalue weighted by molar-refractivity contribution is 7.21. The lowest BCUT2D eigenvalue weighted by Crippen LogP contribution is -2.30. The third-order valence-corrected chi connectivity index (χ3v) is 7.37. The molecule has 3 N–H and O–H groups in total. The second-order valence-electron chi connectivity index (χ2n) is 9.50. The van der Waals surface area contributed by atoms with Crippen molar-refractivity contribution in [3.63, 3.8) is 0 Å². The third kappa shape index (κ3) is 5.26. The van der Waals surface area contributed by atoms with Crippen LogP contribution in [0.5, 0.6) is 0 Å². The van der Waals surface area contributed by atoms with E-state index in [0.29, 0.717) is 19.1 Å². The predicted molar refractivity (Wildman–Crippen MR) is 134 cm³/mol. The van der Waals surface area contributed by atoms with Crippen molar-refractivity contribution < 1.29 is 9.84 Å². The number of hydrogen-bond donors (Lipinski definition) is 3. The molecule has 3 aromatic heterocycles. The number of nitrogens with zero attached hydrogens (tertiary/aromatic N) is 4. The predicted octanol–water partition coefficient (Wildman–Crippen LogP) is 4.48. The third-order valence-electron chi connectivity index (χ3n) is 6.35. The smallest absolute Gasteiger partial charge is 0.224 e. The van der Waals surface area contributed by atoms with Gasteiger partial charge in [-0.2, -0.15) is 4.98 Å². The monoisotopic (exact) mass is 470 g/mol. The molecule has 4 rings (SSSR count). The molecule has 9 heteroatoms. The van der Waals surface area contributed by atoms with Crippen molar-refractivity contribution in [3.8, 4) is 10.6 Å². The fourth-order valence-corrected chi connectivity index (χ4v) is 5.77. The first-order valence-corrected chi connectivity index (χ1v) is 12.3. The summed E-state index contributed by atoms with van der Waals surface area (Å²) in [6.45, 7) is 11.0. The molecule has 2 unspecified atom stereocenters. The van der Waals surface area contributed by atoms with Crippen LogP contribution in [0.1, 0.15) is 50.2 Å². The van der Waals surface area contributed by atoms with Gasteiger partial charge in [-0.15, -0.1) is 11.3 Å². The number of aliphatic hydroxyl groups is 1. The van der Waals surface area contributed by atoms with Gasteiger partial charge >= 0.3 is 0 Å². The Morgan fingerprint density at radius 1 is 1.12 bits per heavy atom. The van der Waals surface area contributed by atoms with Gasteiger partial charge in [-0.3, -0.25) is 4.98 Å². The molecular formula is C24H34N6O2S. The van der Waals surface area contributed by atoms with Crippen molar-refractivity contribution in [2.75, 3.05) is 30.9 Å². The van der Waals surface area contributed by atoms with Gasteiger partial charge in [0.25, 0.3) is 0 Å². The standard InChI is InChI=1S/C24H34N6O2S/c1-13-11-18-20(15(3)26-13)29-22(33-18)19-14(2)27-23(25-9-10-32-6)30-21(19)28-17-8-7-16(12-17)24(4,5)31/h11,16-17,31H,7-10,12H2,1-6H3,(H2,25,27,28,30). The SMILES string of the molecule is COCCNc1nc(C)c(-c2nc3c(C)nc(C)cc3s2)c(NC2CCC(C(C)(C)O)C2)n1. The van der Waals surface area contributed by atoms with Crippen LogP contribution in [0.25, 0.3) is 20.8 Å². The number of anilines is 2. The number of hydrogen-bond acceptors (Lipinski definition) is 9. The van der Waals surface area contributed by atoms with Crippen molar-refractivity contribution in [2.45, 2.75) is 65.5 Å². The van der Waals surface area contributed by atoms with E-state index < -0.39 is 5.60 Å². The minimum atomic E-state index is -0.677. The summed E-state index contributed by atoms with van der Waals surface area (Å²) in [7, 11) is 1.68. The summed E-state index contributed by atoms with van der Waals surface area (Å²) in [5.74, 6) is 1.62. The fraction of sp³-hybridized carbons (Fsp3) is 0.583. The summed E-state index contributed by atoms with van der Waals surface area (Å²) < 4.78 is 6.27. The molecule has 33 heavy (non-hydrogen) atoms. The van der Waals surface area contributed by atoms with E-state index in [1.807, 2.05) is 34.6 Å². The molecule has 1 aliphatic carbocycles. The Labute approximate surface area is 199 Å². The van der Waals surface area contributed by atoms with Crippen LogP contribution in [0, 0.1) is 26.7 Å². The average molecular weight is 471 g/mol. The molecule has 0 spiro atoms. The zero-order valence-corrected chi connectivity index (χ0v) is 21.1. The fourth-order valence-electron chi connectivity index (χ4n) is 4.56. The van der Waals surface area contributed by atoms with Crippen LogP contribution in [-0.4, -0.2) is 56.9 Å². The zero-order chi connectivity index (χ0) is 23.8. The molecule has 0 saturated heterocycles. The van der Waals surface area contributed by atoms with E-state index in [0.717, 1.165) is 62.9 Å². The van der Waals surface area contributed by atoms with Gasteiger partial charge < -0.3 is 20.5 Å². The minimum absolute atomic E-state index is 0.237. The lowest BCUT2D eigenvalue weighted by atomic mass is 9.89. The molecule has 1 fully saturated rings. The molecule has 0 amide bonds. The van der Waals surface area contributed by atoms with E-state index in [1.54, 1.807) is 18.4 Å². The molecule has 0 aromatic carbocycles.